The van der Waals surface area contributed by atoms with Gasteiger partial charge in [0.1, 0.15) is 24.2 Å². The van der Waals surface area contributed by atoms with Gasteiger partial charge in [-0.15, -0.1) is 0 Å². The molecule has 0 bridgehead atoms. The summed E-state index contributed by atoms with van der Waals surface area (Å²) in [6, 6.07) is 21.3. The molecule has 3 aliphatic rings. The second-order valence-corrected chi connectivity index (χ2v) is 25.7. The van der Waals surface area contributed by atoms with E-state index >= 15 is 0 Å². The molecule has 2 saturated heterocycles. The average molecular weight is 736 g/mol. The third-order valence-corrected chi connectivity index (χ3v) is 21.2. The van der Waals surface area contributed by atoms with E-state index in [2.05, 4.69) is 117 Å². The highest BCUT2D eigenvalue weighted by atomic mass is 32.9. The molecule has 1 unspecified atom stereocenters. The molecule has 2 aromatic carbocycles. The van der Waals surface area contributed by atoms with Crippen molar-refractivity contribution in [2.75, 3.05) is 12.3 Å². The first kappa shape index (κ1) is 35.0. The molecule has 2 aliphatic heterocycles. The molecule has 7 atom stereocenters. The summed E-state index contributed by atoms with van der Waals surface area (Å²) < 4.78 is 29.9. The monoisotopic (exact) mass is 735 g/mol. The number of ether oxygens (including phenoxy) is 1. The Bertz CT molecular complexity index is 1840. The van der Waals surface area contributed by atoms with Crippen molar-refractivity contribution < 1.29 is 18.2 Å². The number of allylic oxidation sites excluding steroid dienone is 1. The van der Waals surface area contributed by atoms with Crippen LogP contribution in [0.4, 0.5) is 5.82 Å². The minimum atomic E-state index is -2.86. The maximum Gasteiger partial charge on any atom is 0.261 e. The molecule has 3 fully saturated rings. The Morgan fingerprint density at radius 2 is 1.78 bits per heavy atom. The summed E-state index contributed by atoms with van der Waals surface area (Å²) in [5.41, 5.74) is 5.79. The largest absolute Gasteiger partial charge is 0.405 e. The van der Waals surface area contributed by atoms with Gasteiger partial charge in [-0.2, -0.15) is 0 Å². The van der Waals surface area contributed by atoms with Gasteiger partial charge >= 0.3 is 0 Å². The highest BCUT2D eigenvalue weighted by molar-refractivity contribution is 8.68. The van der Waals surface area contributed by atoms with E-state index in [1.54, 1.807) is 17.7 Å². The second-order valence-electron chi connectivity index (χ2n) is 14.8. The maximum absolute atomic E-state index is 7.39. The highest BCUT2D eigenvalue weighted by Crippen LogP contribution is 2.76. The van der Waals surface area contributed by atoms with Gasteiger partial charge in [0.05, 0.1) is 25.1 Å². The van der Waals surface area contributed by atoms with Gasteiger partial charge in [0.25, 0.3) is 8.32 Å². The maximum atomic E-state index is 7.39. The molecule has 1 saturated carbocycles. The predicted octanol–water partition coefficient (Wildman–Crippen LogP) is 7.15. The molecular weight excluding hydrogens is 690 g/mol. The number of nitrogen functional groups attached to an aromatic ring is 1. The standard InChI is InChI=1S/C36H46N5O4PS2Si/c1-24(2)25-17-18-36(6)30(19-25)45-46(47,48-36)44-28-20-31(41-23-40-32-33(37)38-22-39-34(32)41)43-29(28)21-42-49(35(3,4)5,26-13-9-7-10-14-26)27-15-11-8-12-16-27/h7-16,22-23,25,28-31H,1,17-21H2,2-6H3,(H2,37,38,39)/t25-,28-,29+,30+,31+,36+,46?/m0/s1. The number of hydrogen-bond donors (Lipinski definition) is 1. The molecule has 4 aromatic rings. The number of fused-ring (bicyclic) bond motifs is 2. The summed E-state index contributed by atoms with van der Waals surface area (Å²) >= 11 is 8.05. The molecule has 1 aliphatic carbocycles. The van der Waals surface area contributed by atoms with Gasteiger partial charge in [-0.3, -0.25) is 4.57 Å². The SMILES string of the molecule is C=C(C)[C@H]1CC[C@@]2(C)SP(=S)(O[C@H]3C[C@H](n4cnc5c(N)ncnc54)O[C@@H]3CO[Si](c3ccccc3)(c3ccccc3)C(C)(C)C)O[C@@H]2C1. The summed E-state index contributed by atoms with van der Waals surface area (Å²) in [7, 11) is -2.86. The number of nitrogens with two attached hydrogens (primary N) is 1. The third-order valence-electron chi connectivity index (χ3n) is 10.5. The van der Waals surface area contributed by atoms with Crippen molar-refractivity contribution in [3.8, 4) is 0 Å². The smallest absolute Gasteiger partial charge is 0.261 e. The molecule has 260 valence electrons. The molecule has 2 N–H and O–H groups in total. The predicted molar refractivity (Wildman–Crippen MR) is 204 cm³/mol. The van der Waals surface area contributed by atoms with E-state index in [0.29, 0.717) is 35.9 Å². The van der Waals surface area contributed by atoms with Crippen LogP contribution in [0.5, 0.6) is 0 Å². The highest BCUT2D eigenvalue weighted by Gasteiger charge is 2.56. The molecule has 9 nitrogen and oxygen atoms in total. The number of benzene rings is 2. The van der Waals surface area contributed by atoms with E-state index in [1.807, 2.05) is 4.57 Å². The summed E-state index contributed by atoms with van der Waals surface area (Å²) in [5, 5.41) is 2.22. The van der Waals surface area contributed by atoms with E-state index in [9.17, 15) is 0 Å². The van der Waals surface area contributed by atoms with E-state index in [1.165, 1.54) is 22.3 Å². The van der Waals surface area contributed by atoms with Gasteiger partial charge in [0.15, 0.2) is 11.5 Å². The lowest BCUT2D eigenvalue weighted by atomic mass is 9.77. The Hall–Kier alpha value is -2.41. The summed E-state index contributed by atoms with van der Waals surface area (Å²) in [5.74, 6) is 0.771. The van der Waals surface area contributed by atoms with Crippen LogP contribution in [0.1, 0.15) is 66.5 Å². The van der Waals surface area contributed by atoms with Gasteiger partial charge in [-0.25, -0.2) is 15.0 Å². The Morgan fingerprint density at radius 3 is 2.41 bits per heavy atom. The second kappa shape index (κ2) is 13.3. The van der Waals surface area contributed by atoms with Crippen LogP contribution in [0, 0.1) is 5.92 Å². The quantitative estimate of drug-likeness (QED) is 0.108. The average Bonchev–Trinajstić information content (AvgIpc) is 3.74. The molecule has 13 heteroatoms. The van der Waals surface area contributed by atoms with Crippen LogP contribution in [0.2, 0.25) is 5.04 Å². The minimum absolute atomic E-state index is 0.0287. The Kier molecular flexibility index (Phi) is 9.49. The van der Waals surface area contributed by atoms with Crippen LogP contribution >= 0.6 is 17.1 Å². The zero-order valence-corrected chi connectivity index (χ0v) is 32.3. The van der Waals surface area contributed by atoms with Gasteiger partial charge in [-0.05, 0) is 66.2 Å². The van der Waals surface area contributed by atoms with E-state index in [4.69, 9.17) is 35.8 Å². The van der Waals surface area contributed by atoms with Crippen molar-refractivity contribution in [1.82, 2.24) is 19.5 Å². The van der Waals surface area contributed by atoms with E-state index in [0.717, 1.165) is 19.3 Å². The first-order chi connectivity index (χ1) is 23.3. The van der Waals surface area contributed by atoms with Crippen LogP contribution in [-0.2, 0) is 30.0 Å². The van der Waals surface area contributed by atoms with Gasteiger partial charge in [-0.1, -0.05) is 105 Å². The number of hydrogen-bond acceptors (Lipinski definition) is 10. The van der Waals surface area contributed by atoms with Crippen molar-refractivity contribution in [2.24, 2.45) is 5.92 Å². The third kappa shape index (κ3) is 6.48. The number of anilines is 1. The Labute approximate surface area is 299 Å². The van der Waals surface area contributed by atoms with Crippen LogP contribution < -0.4 is 16.1 Å². The Balaban J connectivity index is 1.22. The molecule has 0 amide bonds. The van der Waals surface area contributed by atoms with Crippen LogP contribution in [-0.4, -0.2) is 57.5 Å². The number of imidazole rings is 1. The van der Waals surface area contributed by atoms with Gasteiger partial charge in [0.2, 0.25) is 5.69 Å². The fraction of sp³-hybridized carbons (Fsp3) is 0.472. The van der Waals surface area contributed by atoms with Crippen LogP contribution in [0.25, 0.3) is 11.2 Å². The molecular formula is C36H46N5O4PS2Si. The zero-order chi connectivity index (χ0) is 34.6. The zero-order valence-electron chi connectivity index (χ0n) is 28.8. The molecule has 4 heterocycles. The topological polar surface area (TPSA) is 107 Å². The summed E-state index contributed by atoms with van der Waals surface area (Å²) in [6.07, 6.45) is 5.55. The number of nitrogens with zero attached hydrogens (tertiary/aromatic N) is 4. The van der Waals surface area contributed by atoms with Crippen molar-refractivity contribution in [3.63, 3.8) is 0 Å². The lowest BCUT2D eigenvalue weighted by Gasteiger charge is -2.43. The first-order valence-corrected chi connectivity index (χ1v) is 23.0. The summed E-state index contributed by atoms with van der Waals surface area (Å²) in [4.78, 5) is 13.2. The Morgan fingerprint density at radius 1 is 1.10 bits per heavy atom. The van der Waals surface area contributed by atoms with Crippen molar-refractivity contribution >= 4 is 64.6 Å². The van der Waals surface area contributed by atoms with Crippen molar-refractivity contribution in [1.29, 1.82) is 0 Å². The molecule has 49 heavy (non-hydrogen) atoms. The molecule has 0 spiro atoms. The lowest BCUT2D eigenvalue weighted by molar-refractivity contribution is -0.0364. The fourth-order valence-electron chi connectivity index (χ4n) is 7.78. The molecule has 2 aromatic heterocycles. The normalized spacial score (nSPS) is 30.4. The summed E-state index contributed by atoms with van der Waals surface area (Å²) in [6.45, 7) is 15.8. The lowest BCUT2D eigenvalue weighted by Crippen LogP contribution is -2.67. The fourth-order valence-corrected chi connectivity index (χ4v) is 20.0. The molecule has 7 rings (SSSR count). The number of rotatable bonds is 9. The van der Waals surface area contributed by atoms with Crippen molar-refractivity contribution in [3.05, 3.63) is 85.5 Å². The van der Waals surface area contributed by atoms with E-state index < -0.39 is 26.3 Å². The van der Waals surface area contributed by atoms with Crippen molar-refractivity contribution in [2.45, 2.75) is 94.6 Å². The van der Waals surface area contributed by atoms with Gasteiger partial charge in [0, 0.05) is 11.2 Å². The number of aromatic nitrogens is 4. The molecule has 0 radical (unpaired) electrons. The van der Waals surface area contributed by atoms with E-state index in [-0.39, 0.29) is 22.0 Å². The first-order valence-electron chi connectivity index (χ1n) is 17.0. The van der Waals surface area contributed by atoms with Crippen LogP contribution in [0.3, 0.4) is 0 Å². The van der Waals surface area contributed by atoms with Gasteiger partial charge < -0.3 is 23.9 Å². The minimum Gasteiger partial charge on any atom is -0.405 e. The van der Waals surface area contributed by atoms with Crippen LogP contribution in [0.15, 0.2) is 85.5 Å².